The van der Waals surface area contributed by atoms with Gasteiger partial charge in [-0.3, -0.25) is 4.99 Å². The average Bonchev–Trinajstić information content (AvgIpc) is 2.77. The number of halogens is 1. The van der Waals surface area contributed by atoms with Crippen molar-refractivity contribution >= 4 is 29.9 Å². The number of rotatable bonds is 8. The van der Waals surface area contributed by atoms with Crippen LogP contribution >= 0.6 is 24.0 Å². The number of ether oxygens (including phenoxy) is 2. The zero-order valence-corrected chi connectivity index (χ0v) is 21.6. The van der Waals surface area contributed by atoms with Crippen LogP contribution < -0.4 is 5.32 Å². The maximum Gasteiger partial charge on any atom is 0.193 e. The van der Waals surface area contributed by atoms with E-state index >= 15 is 0 Å². The summed E-state index contributed by atoms with van der Waals surface area (Å²) in [6, 6.07) is 0.749. The molecule has 2 atom stereocenters. The normalized spacial score (nSPS) is 27.0. The van der Waals surface area contributed by atoms with Gasteiger partial charge in [-0.2, -0.15) is 0 Å². The molecule has 0 aromatic rings. The van der Waals surface area contributed by atoms with E-state index in [1.807, 2.05) is 0 Å². The summed E-state index contributed by atoms with van der Waals surface area (Å²) in [4.78, 5) is 10.00. The average molecular weight is 537 g/mol. The van der Waals surface area contributed by atoms with Gasteiger partial charge in [0.1, 0.15) is 0 Å². The fourth-order valence-corrected chi connectivity index (χ4v) is 4.79. The number of piperidine rings is 2. The minimum absolute atomic E-state index is 0. The molecule has 0 aromatic carbocycles. The summed E-state index contributed by atoms with van der Waals surface area (Å²) in [5, 5.41) is 3.50. The van der Waals surface area contributed by atoms with Gasteiger partial charge in [-0.25, -0.2) is 0 Å². The van der Waals surface area contributed by atoms with E-state index in [4.69, 9.17) is 14.5 Å². The van der Waals surface area contributed by atoms with Crippen LogP contribution in [0.4, 0.5) is 0 Å². The first-order valence-electron chi connectivity index (χ1n) is 12.3. The molecule has 0 aromatic heterocycles. The summed E-state index contributed by atoms with van der Waals surface area (Å²) < 4.78 is 12.0. The molecule has 3 aliphatic heterocycles. The Morgan fingerprint density at radius 3 is 2.57 bits per heavy atom. The second kappa shape index (κ2) is 14.9. The smallest absolute Gasteiger partial charge is 0.193 e. The van der Waals surface area contributed by atoms with E-state index in [2.05, 4.69) is 29.0 Å². The third kappa shape index (κ3) is 8.79. The monoisotopic (exact) mass is 536 g/mol. The molecule has 3 aliphatic rings. The van der Waals surface area contributed by atoms with Crippen molar-refractivity contribution in [2.45, 2.75) is 89.9 Å². The van der Waals surface area contributed by atoms with Crippen molar-refractivity contribution in [3.63, 3.8) is 0 Å². The highest BCUT2D eigenvalue weighted by atomic mass is 127. The molecule has 30 heavy (non-hydrogen) atoms. The lowest BCUT2D eigenvalue weighted by molar-refractivity contribution is -0.0721. The molecule has 0 radical (unpaired) electrons. The van der Waals surface area contributed by atoms with Crippen molar-refractivity contribution in [3.8, 4) is 0 Å². The first-order chi connectivity index (χ1) is 14.3. The first-order valence-corrected chi connectivity index (χ1v) is 12.3. The van der Waals surface area contributed by atoms with Gasteiger partial charge in [0.05, 0.1) is 18.8 Å². The van der Waals surface area contributed by atoms with Crippen LogP contribution in [0.5, 0.6) is 0 Å². The van der Waals surface area contributed by atoms with Crippen LogP contribution in [0.2, 0.25) is 0 Å². The molecule has 0 bridgehead atoms. The zero-order valence-electron chi connectivity index (χ0n) is 19.3. The highest BCUT2D eigenvalue weighted by Gasteiger charge is 2.24. The molecule has 0 spiro atoms. The summed E-state index contributed by atoms with van der Waals surface area (Å²) >= 11 is 0. The van der Waals surface area contributed by atoms with Crippen molar-refractivity contribution in [3.05, 3.63) is 0 Å². The van der Waals surface area contributed by atoms with Crippen molar-refractivity contribution in [2.24, 2.45) is 4.99 Å². The molecule has 0 amide bonds. The first kappa shape index (κ1) is 26.1. The molecule has 3 rings (SSSR count). The molecule has 176 valence electrons. The predicted octanol–water partition coefficient (Wildman–Crippen LogP) is 3.88. The Hall–Kier alpha value is -0.120. The Kier molecular flexibility index (Phi) is 12.9. The van der Waals surface area contributed by atoms with Crippen LogP contribution in [0.3, 0.4) is 0 Å². The standard InChI is InChI=1S/C23H44N4O2.HI/c1-3-24-23(25-13-8-15-26-14-6-4-9-20(26)2)27-16-11-21(12-17-27)29-19-22-10-5-7-18-28-22;/h20-22H,3-19H2,1-2H3,(H,24,25);1H. The number of hydrogen-bond donors (Lipinski definition) is 1. The van der Waals surface area contributed by atoms with Gasteiger partial charge in [0.2, 0.25) is 0 Å². The molecule has 0 aliphatic carbocycles. The minimum atomic E-state index is 0. The van der Waals surface area contributed by atoms with Crippen molar-refractivity contribution in [2.75, 3.05) is 52.5 Å². The lowest BCUT2D eigenvalue weighted by Crippen LogP contribution is -2.47. The highest BCUT2D eigenvalue weighted by Crippen LogP contribution is 2.18. The topological polar surface area (TPSA) is 49.3 Å². The van der Waals surface area contributed by atoms with Gasteiger partial charge in [0, 0.05) is 45.4 Å². The van der Waals surface area contributed by atoms with E-state index in [1.54, 1.807) is 0 Å². The van der Waals surface area contributed by atoms with Crippen LogP contribution in [-0.2, 0) is 9.47 Å². The summed E-state index contributed by atoms with van der Waals surface area (Å²) in [5.41, 5.74) is 0. The zero-order chi connectivity index (χ0) is 20.3. The van der Waals surface area contributed by atoms with Crippen LogP contribution in [0.1, 0.15) is 71.6 Å². The minimum Gasteiger partial charge on any atom is -0.376 e. The molecular formula is C23H45IN4O2. The maximum absolute atomic E-state index is 6.17. The molecule has 1 N–H and O–H groups in total. The Bertz CT molecular complexity index is 480. The third-order valence-electron chi connectivity index (χ3n) is 6.67. The van der Waals surface area contributed by atoms with Crippen LogP contribution in [-0.4, -0.2) is 86.5 Å². The highest BCUT2D eigenvalue weighted by molar-refractivity contribution is 14.0. The Morgan fingerprint density at radius 1 is 1.07 bits per heavy atom. The van der Waals surface area contributed by atoms with Crippen LogP contribution in [0.15, 0.2) is 4.99 Å². The van der Waals surface area contributed by atoms with E-state index in [0.29, 0.717) is 12.2 Å². The van der Waals surface area contributed by atoms with E-state index < -0.39 is 0 Å². The molecule has 3 saturated heterocycles. The number of nitrogens with one attached hydrogen (secondary N) is 1. The molecule has 0 saturated carbocycles. The molecule has 7 heteroatoms. The lowest BCUT2D eigenvalue weighted by Gasteiger charge is -2.35. The van der Waals surface area contributed by atoms with Gasteiger partial charge in [0.15, 0.2) is 5.96 Å². The van der Waals surface area contributed by atoms with Crippen LogP contribution in [0, 0.1) is 0 Å². The number of nitrogens with zero attached hydrogens (tertiary/aromatic N) is 3. The molecule has 6 nitrogen and oxygen atoms in total. The van der Waals surface area contributed by atoms with Gasteiger partial charge in [-0.15, -0.1) is 24.0 Å². The number of likely N-dealkylation sites (tertiary alicyclic amines) is 2. The van der Waals surface area contributed by atoms with Gasteiger partial charge in [-0.05, 0) is 71.8 Å². The lowest BCUT2D eigenvalue weighted by atomic mass is 10.0. The summed E-state index contributed by atoms with van der Waals surface area (Å²) in [6.07, 6.45) is 11.8. The maximum atomic E-state index is 6.17. The molecule has 2 unspecified atom stereocenters. The molecular weight excluding hydrogens is 491 g/mol. The summed E-state index contributed by atoms with van der Waals surface area (Å²) in [5.74, 6) is 1.09. The van der Waals surface area contributed by atoms with Gasteiger partial charge >= 0.3 is 0 Å². The van der Waals surface area contributed by atoms with Gasteiger partial charge < -0.3 is 24.6 Å². The quantitative estimate of drug-likeness (QED) is 0.221. The van der Waals surface area contributed by atoms with E-state index in [0.717, 1.165) is 77.1 Å². The number of guanidine groups is 1. The third-order valence-corrected chi connectivity index (χ3v) is 6.67. The Labute approximate surface area is 201 Å². The van der Waals surface area contributed by atoms with Crippen molar-refractivity contribution in [1.82, 2.24) is 15.1 Å². The molecule has 3 fully saturated rings. The fraction of sp³-hybridized carbons (Fsp3) is 0.957. The fourth-order valence-electron chi connectivity index (χ4n) is 4.79. The Balaban J connectivity index is 0.00000320. The molecule has 3 heterocycles. The predicted molar refractivity (Wildman–Crippen MR) is 135 cm³/mol. The number of aliphatic imine (C=N–C) groups is 1. The number of hydrogen-bond acceptors (Lipinski definition) is 4. The summed E-state index contributed by atoms with van der Waals surface area (Å²) in [7, 11) is 0. The van der Waals surface area contributed by atoms with Crippen molar-refractivity contribution in [1.29, 1.82) is 0 Å². The van der Waals surface area contributed by atoms with E-state index in [-0.39, 0.29) is 24.0 Å². The summed E-state index contributed by atoms with van der Waals surface area (Å²) in [6.45, 7) is 12.6. The van der Waals surface area contributed by atoms with Gasteiger partial charge in [0.25, 0.3) is 0 Å². The Morgan fingerprint density at radius 2 is 1.87 bits per heavy atom. The van der Waals surface area contributed by atoms with Crippen LogP contribution in [0.25, 0.3) is 0 Å². The van der Waals surface area contributed by atoms with Crippen molar-refractivity contribution < 1.29 is 9.47 Å². The van der Waals surface area contributed by atoms with E-state index in [1.165, 1.54) is 45.2 Å². The van der Waals surface area contributed by atoms with Gasteiger partial charge in [-0.1, -0.05) is 6.42 Å². The van der Waals surface area contributed by atoms with E-state index in [9.17, 15) is 0 Å². The second-order valence-corrected chi connectivity index (χ2v) is 8.98. The second-order valence-electron chi connectivity index (χ2n) is 8.98. The SMILES string of the molecule is CCNC(=NCCCN1CCCCC1C)N1CCC(OCC2CCCCO2)CC1.I. The largest absolute Gasteiger partial charge is 0.376 e.